The molecule has 0 aromatic heterocycles. The number of nitrogens with zero attached hydrogens (tertiary/aromatic N) is 1. The third-order valence-corrected chi connectivity index (χ3v) is 4.57. The first-order chi connectivity index (χ1) is 7.92. The smallest absolute Gasteiger partial charge is 0.0971 e. The van der Waals surface area contributed by atoms with Crippen LogP contribution in [0.25, 0.3) is 0 Å². The van der Waals surface area contributed by atoms with Crippen LogP contribution in [0.5, 0.6) is 0 Å². The molecule has 1 fully saturated rings. The molecule has 0 saturated carbocycles. The van der Waals surface area contributed by atoms with E-state index in [2.05, 4.69) is 41.6 Å². The predicted molar refractivity (Wildman–Crippen MR) is 74.8 cm³/mol. The highest BCUT2D eigenvalue weighted by Gasteiger charge is 2.35. The molecule has 3 unspecified atom stereocenters. The van der Waals surface area contributed by atoms with E-state index < -0.39 is 0 Å². The summed E-state index contributed by atoms with van der Waals surface area (Å²) in [6, 6.07) is 0. The molecule has 0 N–H and O–H groups in total. The minimum absolute atomic E-state index is 0.218. The molecule has 3 atom stereocenters. The molecule has 0 aliphatic carbocycles. The monoisotopic (exact) mass is 307 g/mol. The van der Waals surface area contributed by atoms with Crippen LogP contribution < -0.4 is 0 Å². The van der Waals surface area contributed by atoms with E-state index in [1.807, 2.05) is 0 Å². The number of hydrogen-bond acceptors (Lipinski definition) is 3. The number of ether oxygens (including phenoxy) is 2. The van der Waals surface area contributed by atoms with E-state index in [9.17, 15) is 0 Å². The molecule has 1 rings (SSSR count). The van der Waals surface area contributed by atoms with Gasteiger partial charge in [-0.2, -0.15) is 0 Å². The number of likely N-dealkylation sites (tertiary alicyclic amines) is 1. The Morgan fingerprint density at radius 1 is 1.18 bits per heavy atom. The molecule has 1 heterocycles. The molecule has 0 aromatic carbocycles. The van der Waals surface area contributed by atoms with E-state index in [0.717, 1.165) is 25.0 Å². The summed E-state index contributed by atoms with van der Waals surface area (Å²) in [5.41, 5.74) is 0.331. The lowest BCUT2D eigenvalue weighted by Gasteiger charge is -2.32. The highest BCUT2D eigenvalue weighted by molar-refractivity contribution is 9.09. The zero-order valence-electron chi connectivity index (χ0n) is 11.7. The summed E-state index contributed by atoms with van der Waals surface area (Å²) in [6.45, 7) is 9.97. The number of methoxy groups -OCH3 is 2. The van der Waals surface area contributed by atoms with Crippen molar-refractivity contribution in [1.82, 2.24) is 4.90 Å². The van der Waals surface area contributed by atoms with E-state index in [1.54, 1.807) is 14.2 Å². The van der Waals surface area contributed by atoms with E-state index in [0.29, 0.717) is 11.3 Å². The van der Waals surface area contributed by atoms with Crippen molar-refractivity contribution in [1.29, 1.82) is 0 Å². The van der Waals surface area contributed by atoms with Gasteiger partial charge in [0.1, 0.15) is 0 Å². The normalized spacial score (nSPS) is 28.6. The van der Waals surface area contributed by atoms with Gasteiger partial charge in [-0.3, -0.25) is 4.90 Å². The second-order valence-electron chi connectivity index (χ2n) is 5.98. The van der Waals surface area contributed by atoms with Crippen LogP contribution in [0, 0.1) is 11.3 Å². The average molecular weight is 308 g/mol. The van der Waals surface area contributed by atoms with Crippen molar-refractivity contribution in [3.63, 3.8) is 0 Å². The molecule has 17 heavy (non-hydrogen) atoms. The highest BCUT2D eigenvalue weighted by Crippen LogP contribution is 2.29. The van der Waals surface area contributed by atoms with Gasteiger partial charge in [0.05, 0.1) is 12.2 Å². The van der Waals surface area contributed by atoms with Gasteiger partial charge < -0.3 is 9.47 Å². The van der Waals surface area contributed by atoms with E-state index in [4.69, 9.17) is 9.47 Å². The summed E-state index contributed by atoms with van der Waals surface area (Å²) in [7, 11) is 3.54. The first-order valence-electron chi connectivity index (χ1n) is 6.26. The Kier molecular flexibility index (Phi) is 5.90. The molecular formula is C13H26BrNO2. The summed E-state index contributed by atoms with van der Waals surface area (Å²) in [6.07, 6.45) is 0.437. The molecule has 0 radical (unpaired) electrons. The lowest BCUT2D eigenvalue weighted by molar-refractivity contribution is -0.00461. The Morgan fingerprint density at radius 2 is 1.65 bits per heavy atom. The van der Waals surface area contributed by atoms with Gasteiger partial charge in [-0.15, -0.1) is 0 Å². The number of halogens is 1. The predicted octanol–water partition coefficient (Wildman–Crippen LogP) is 2.39. The van der Waals surface area contributed by atoms with Gasteiger partial charge in [0.2, 0.25) is 0 Å². The molecule has 1 aliphatic rings. The lowest BCUT2D eigenvalue weighted by atomic mass is 9.82. The maximum atomic E-state index is 5.47. The topological polar surface area (TPSA) is 21.7 Å². The summed E-state index contributed by atoms with van der Waals surface area (Å²) in [5, 5.41) is 1.04. The van der Waals surface area contributed by atoms with Gasteiger partial charge >= 0.3 is 0 Å². The molecule has 0 aromatic rings. The van der Waals surface area contributed by atoms with Crippen molar-refractivity contribution >= 4 is 15.9 Å². The summed E-state index contributed by atoms with van der Waals surface area (Å²) < 4.78 is 10.9. The largest absolute Gasteiger partial charge is 0.377 e. The van der Waals surface area contributed by atoms with Crippen LogP contribution in [0.2, 0.25) is 0 Å². The molecule has 102 valence electrons. The van der Waals surface area contributed by atoms with Crippen molar-refractivity contribution in [2.45, 2.75) is 33.0 Å². The van der Waals surface area contributed by atoms with Crippen LogP contribution in [0.15, 0.2) is 0 Å². The molecule has 0 spiro atoms. The van der Waals surface area contributed by atoms with E-state index in [-0.39, 0.29) is 12.2 Å². The van der Waals surface area contributed by atoms with Crippen molar-refractivity contribution in [2.75, 3.05) is 39.2 Å². The fourth-order valence-corrected chi connectivity index (χ4v) is 3.46. The second-order valence-corrected chi connectivity index (χ2v) is 6.63. The van der Waals surface area contributed by atoms with Crippen LogP contribution in [0.3, 0.4) is 0 Å². The number of alkyl halides is 1. The van der Waals surface area contributed by atoms with Gasteiger partial charge in [0, 0.05) is 39.2 Å². The van der Waals surface area contributed by atoms with Gasteiger partial charge in [-0.05, 0) is 11.3 Å². The van der Waals surface area contributed by atoms with E-state index in [1.165, 1.54) is 0 Å². The maximum absolute atomic E-state index is 5.47. The van der Waals surface area contributed by atoms with Crippen molar-refractivity contribution in [3.05, 3.63) is 0 Å². The first-order valence-corrected chi connectivity index (χ1v) is 7.38. The van der Waals surface area contributed by atoms with Crippen molar-refractivity contribution in [3.8, 4) is 0 Å². The molecule has 0 amide bonds. The maximum Gasteiger partial charge on any atom is 0.0971 e. The molecule has 3 nitrogen and oxygen atoms in total. The molecule has 1 saturated heterocycles. The summed E-state index contributed by atoms with van der Waals surface area (Å²) in [5.74, 6) is 0.649. The molecular weight excluding hydrogens is 282 g/mol. The van der Waals surface area contributed by atoms with E-state index >= 15 is 0 Å². The zero-order chi connectivity index (χ0) is 13.1. The Balaban J connectivity index is 2.53. The minimum Gasteiger partial charge on any atom is -0.377 e. The lowest BCUT2D eigenvalue weighted by Crippen LogP contribution is -2.36. The van der Waals surface area contributed by atoms with Gasteiger partial charge in [-0.25, -0.2) is 0 Å². The Hall–Kier alpha value is 0.360. The highest BCUT2D eigenvalue weighted by atomic mass is 79.9. The fourth-order valence-electron chi connectivity index (χ4n) is 2.29. The summed E-state index contributed by atoms with van der Waals surface area (Å²) in [4.78, 5) is 2.46. The van der Waals surface area contributed by atoms with Crippen LogP contribution in [-0.4, -0.2) is 56.3 Å². The van der Waals surface area contributed by atoms with Gasteiger partial charge in [0.15, 0.2) is 0 Å². The van der Waals surface area contributed by atoms with Crippen LogP contribution in [0.1, 0.15) is 20.8 Å². The Bertz CT molecular complexity index is 218. The van der Waals surface area contributed by atoms with Crippen LogP contribution in [0.4, 0.5) is 0 Å². The first kappa shape index (κ1) is 15.4. The summed E-state index contributed by atoms with van der Waals surface area (Å²) >= 11 is 3.63. The quantitative estimate of drug-likeness (QED) is 0.728. The van der Waals surface area contributed by atoms with Crippen LogP contribution in [-0.2, 0) is 9.47 Å². The van der Waals surface area contributed by atoms with Crippen LogP contribution >= 0.6 is 15.9 Å². The van der Waals surface area contributed by atoms with Crippen molar-refractivity contribution in [2.24, 2.45) is 11.3 Å². The number of rotatable bonds is 5. The second kappa shape index (κ2) is 6.50. The van der Waals surface area contributed by atoms with Gasteiger partial charge in [0.25, 0.3) is 0 Å². The SMILES string of the molecule is COC1CN(CC(CBr)C(C)(C)C)CC1OC. The standard InChI is InChI=1S/C13H26BrNO2/c1-13(2,3)10(6-14)7-15-8-11(16-4)12(9-15)17-5/h10-12H,6-9H2,1-5H3. The third kappa shape index (κ3) is 4.19. The van der Waals surface area contributed by atoms with Crippen molar-refractivity contribution < 1.29 is 9.47 Å². The Morgan fingerprint density at radius 3 is 1.94 bits per heavy atom. The third-order valence-electron chi connectivity index (χ3n) is 3.79. The average Bonchev–Trinajstić information content (AvgIpc) is 2.66. The molecule has 4 heteroatoms. The van der Waals surface area contributed by atoms with Gasteiger partial charge in [-0.1, -0.05) is 36.7 Å². The zero-order valence-corrected chi connectivity index (χ0v) is 13.3. The Labute approximate surface area is 114 Å². The fraction of sp³-hybridized carbons (Fsp3) is 1.00. The minimum atomic E-state index is 0.218. The molecule has 1 aliphatic heterocycles. The molecule has 0 bridgehead atoms. The number of hydrogen-bond donors (Lipinski definition) is 0.